The zero-order valence-electron chi connectivity index (χ0n) is 9.92. The number of benzene rings is 1. The van der Waals surface area contributed by atoms with Gasteiger partial charge in [-0.25, -0.2) is 0 Å². The molecule has 0 bridgehead atoms. The second-order valence-electron chi connectivity index (χ2n) is 4.27. The molecule has 2 aromatic heterocycles. The van der Waals surface area contributed by atoms with Gasteiger partial charge in [0.05, 0.1) is 0 Å². The molecule has 0 radical (unpaired) electrons. The molecule has 3 rings (SSSR count). The van der Waals surface area contributed by atoms with Gasteiger partial charge in [0.2, 0.25) is 0 Å². The minimum Gasteiger partial charge on any atom is -0.285 e. The van der Waals surface area contributed by atoms with E-state index in [4.69, 9.17) is 0 Å². The first-order valence-corrected chi connectivity index (χ1v) is 6.60. The highest BCUT2D eigenvalue weighted by Crippen LogP contribution is 2.23. The molecule has 0 aliphatic carbocycles. The maximum absolute atomic E-state index is 4.30. The fourth-order valence-electron chi connectivity index (χ4n) is 2.07. The Hall–Kier alpha value is -1.68. The third-order valence-electron chi connectivity index (χ3n) is 3.08. The second-order valence-corrected chi connectivity index (χ2v) is 5.18. The van der Waals surface area contributed by atoms with Crippen molar-refractivity contribution in [1.82, 2.24) is 14.6 Å². The average Bonchev–Trinajstić information content (AvgIpc) is 2.82. The van der Waals surface area contributed by atoms with Crippen LogP contribution >= 0.6 is 15.9 Å². The van der Waals surface area contributed by atoms with Gasteiger partial charge in [0.15, 0.2) is 5.65 Å². The number of halogens is 1. The minimum atomic E-state index is 0.218. The molecule has 1 aromatic carbocycles. The maximum Gasteiger partial charge on any atom is 0.160 e. The van der Waals surface area contributed by atoms with Crippen molar-refractivity contribution in [3.63, 3.8) is 0 Å². The van der Waals surface area contributed by atoms with Crippen LogP contribution in [0, 0.1) is 0 Å². The molecule has 0 aliphatic heterocycles. The number of nitrogens with zero attached hydrogens (tertiary/aromatic N) is 3. The van der Waals surface area contributed by atoms with Gasteiger partial charge in [0, 0.05) is 16.6 Å². The summed E-state index contributed by atoms with van der Waals surface area (Å²) in [6.07, 6.45) is 2.00. The van der Waals surface area contributed by atoms with Crippen molar-refractivity contribution in [2.45, 2.75) is 12.8 Å². The standard InChI is InChI=1S/C14H12BrN3/c1-10(11-5-3-2-4-6-11)14-17-16-13-8-7-12(15)9-18(13)14/h2-10H,1H3/t10-/m1/s1. The Kier molecular flexibility index (Phi) is 2.88. The molecule has 0 fully saturated rings. The van der Waals surface area contributed by atoms with Crippen molar-refractivity contribution in [1.29, 1.82) is 0 Å². The first-order chi connectivity index (χ1) is 8.75. The van der Waals surface area contributed by atoms with E-state index in [1.54, 1.807) is 0 Å². The molecule has 4 heteroatoms. The van der Waals surface area contributed by atoms with E-state index in [-0.39, 0.29) is 5.92 Å². The fourth-order valence-corrected chi connectivity index (χ4v) is 2.41. The summed E-state index contributed by atoms with van der Waals surface area (Å²) in [5, 5.41) is 8.50. The Labute approximate surface area is 114 Å². The number of fused-ring (bicyclic) bond motifs is 1. The van der Waals surface area contributed by atoms with Gasteiger partial charge in [-0.3, -0.25) is 4.40 Å². The summed E-state index contributed by atoms with van der Waals surface area (Å²) in [5.41, 5.74) is 2.11. The van der Waals surface area contributed by atoms with E-state index in [0.29, 0.717) is 0 Å². The lowest BCUT2D eigenvalue weighted by atomic mass is 10.0. The molecule has 90 valence electrons. The second kappa shape index (κ2) is 4.53. The molecule has 0 N–H and O–H groups in total. The summed E-state index contributed by atoms with van der Waals surface area (Å²) in [5.74, 6) is 1.17. The smallest absolute Gasteiger partial charge is 0.160 e. The number of aromatic nitrogens is 3. The summed E-state index contributed by atoms with van der Waals surface area (Å²) in [7, 11) is 0. The van der Waals surface area contributed by atoms with Gasteiger partial charge in [0.1, 0.15) is 5.82 Å². The lowest BCUT2D eigenvalue weighted by molar-refractivity contribution is 0.797. The van der Waals surface area contributed by atoms with E-state index in [9.17, 15) is 0 Å². The van der Waals surface area contributed by atoms with Gasteiger partial charge in [-0.1, -0.05) is 37.3 Å². The fraction of sp³-hybridized carbons (Fsp3) is 0.143. The van der Waals surface area contributed by atoms with Crippen LogP contribution in [0.2, 0.25) is 0 Å². The molecule has 18 heavy (non-hydrogen) atoms. The zero-order valence-corrected chi connectivity index (χ0v) is 11.5. The summed E-state index contributed by atoms with van der Waals surface area (Å²) < 4.78 is 3.05. The van der Waals surface area contributed by atoms with E-state index in [1.807, 2.05) is 40.9 Å². The van der Waals surface area contributed by atoms with Crippen LogP contribution in [0.1, 0.15) is 24.2 Å². The van der Waals surface area contributed by atoms with Crippen molar-refractivity contribution in [2.24, 2.45) is 0 Å². The Morgan fingerprint density at radius 3 is 2.61 bits per heavy atom. The Balaban J connectivity index is 2.12. The van der Waals surface area contributed by atoms with E-state index in [0.717, 1.165) is 15.9 Å². The predicted octanol–water partition coefficient (Wildman–Crippen LogP) is 3.64. The molecule has 1 atom stereocenters. The highest BCUT2D eigenvalue weighted by atomic mass is 79.9. The highest BCUT2D eigenvalue weighted by molar-refractivity contribution is 9.10. The minimum absolute atomic E-state index is 0.218. The van der Waals surface area contributed by atoms with Gasteiger partial charge < -0.3 is 0 Å². The van der Waals surface area contributed by atoms with Crippen molar-refractivity contribution in [3.8, 4) is 0 Å². The largest absolute Gasteiger partial charge is 0.285 e. The third-order valence-corrected chi connectivity index (χ3v) is 3.55. The molecule has 3 aromatic rings. The van der Waals surface area contributed by atoms with E-state index < -0.39 is 0 Å². The van der Waals surface area contributed by atoms with Crippen molar-refractivity contribution < 1.29 is 0 Å². The van der Waals surface area contributed by atoms with Gasteiger partial charge in [-0.2, -0.15) is 0 Å². The molecule has 0 aliphatic rings. The van der Waals surface area contributed by atoms with Gasteiger partial charge in [0.25, 0.3) is 0 Å². The highest BCUT2D eigenvalue weighted by Gasteiger charge is 2.15. The average molecular weight is 302 g/mol. The quantitative estimate of drug-likeness (QED) is 0.723. The first kappa shape index (κ1) is 11.4. The Bertz CT molecular complexity index is 676. The van der Waals surface area contributed by atoms with E-state index in [2.05, 4.69) is 45.2 Å². The van der Waals surface area contributed by atoms with Crippen molar-refractivity contribution in [2.75, 3.05) is 0 Å². The molecule has 0 saturated heterocycles. The summed E-state index contributed by atoms with van der Waals surface area (Å²) >= 11 is 3.48. The number of hydrogen-bond acceptors (Lipinski definition) is 2. The Morgan fingerprint density at radius 1 is 1.06 bits per heavy atom. The topological polar surface area (TPSA) is 30.2 Å². The molecule has 0 spiro atoms. The SMILES string of the molecule is C[C@H](c1ccccc1)c1nnc2ccc(Br)cn12. The van der Waals surface area contributed by atoms with Crippen LogP contribution in [0.15, 0.2) is 53.1 Å². The lowest BCUT2D eigenvalue weighted by Gasteiger charge is -2.09. The molecule has 0 unspecified atom stereocenters. The maximum atomic E-state index is 4.30. The van der Waals surface area contributed by atoms with Crippen molar-refractivity contribution >= 4 is 21.6 Å². The lowest BCUT2D eigenvalue weighted by Crippen LogP contribution is -2.02. The van der Waals surface area contributed by atoms with Crippen LogP contribution in [0.4, 0.5) is 0 Å². The van der Waals surface area contributed by atoms with Crippen LogP contribution in [-0.2, 0) is 0 Å². The number of pyridine rings is 1. The molecular weight excluding hydrogens is 290 g/mol. The van der Waals surface area contributed by atoms with Crippen LogP contribution < -0.4 is 0 Å². The predicted molar refractivity (Wildman–Crippen MR) is 74.6 cm³/mol. The monoisotopic (exact) mass is 301 g/mol. The summed E-state index contributed by atoms with van der Waals surface area (Å²) in [6.45, 7) is 2.15. The number of rotatable bonds is 2. The normalized spacial score (nSPS) is 12.8. The van der Waals surface area contributed by atoms with Crippen LogP contribution in [-0.4, -0.2) is 14.6 Å². The summed E-state index contributed by atoms with van der Waals surface area (Å²) in [4.78, 5) is 0. The number of hydrogen-bond donors (Lipinski definition) is 0. The molecule has 0 saturated carbocycles. The Morgan fingerprint density at radius 2 is 1.83 bits per heavy atom. The molecule has 3 nitrogen and oxygen atoms in total. The third kappa shape index (κ3) is 1.93. The summed E-state index contributed by atoms with van der Waals surface area (Å²) in [6, 6.07) is 14.3. The van der Waals surface area contributed by atoms with Gasteiger partial charge in [-0.05, 0) is 33.6 Å². The molecule has 0 amide bonds. The van der Waals surface area contributed by atoms with Gasteiger partial charge in [-0.15, -0.1) is 10.2 Å². The zero-order chi connectivity index (χ0) is 12.5. The van der Waals surface area contributed by atoms with E-state index in [1.165, 1.54) is 5.56 Å². The first-order valence-electron chi connectivity index (χ1n) is 5.81. The molecule has 2 heterocycles. The van der Waals surface area contributed by atoms with Crippen molar-refractivity contribution in [3.05, 3.63) is 64.5 Å². The van der Waals surface area contributed by atoms with E-state index >= 15 is 0 Å². The van der Waals surface area contributed by atoms with Gasteiger partial charge >= 0.3 is 0 Å². The molecular formula is C14H12BrN3. The van der Waals surface area contributed by atoms with Crippen LogP contribution in [0.25, 0.3) is 5.65 Å². The van der Waals surface area contributed by atoms with Crippen LogP contribution in [0.5, 0.6) is 0 Å². The van der Waals surface area contributed by atoms with Crippen LogP contribution in [0.3, 0.4) is 0 Å².